The molecule has 0 bridgehead atoms. The molecule has 2 N–H and O–H groups in total. The van der Waals surface area contributed by atoms with Crippen molar-refractivity contribution < 1.29 is 9.90 Å². The predicted molar refractivity (Wildman–Crippen MR) is 70.5 cm³/mol. The van der Waals surface area contributed by atoms with Gasteiger partial charge in [0.1, 0.15) is 17.7 Å². The van der Waals surface area contributed by atoms with E-state index in [0.29, 0.717) is 0 Å². The Kier molecular flexibility index (Phi) is 5.12. The van der Waals surface area contributed by atoms with Crippen LogP contribution in [0.4, 0.5) is 5.69 Å². The third-order valence-corrected chi connectivity index (χ3v) is 2.61. The van der Waals surface area contributed by atoms with Gasteiger partial charge in [0.25, 0.3) is 0 Å². The van der Waals surface area contributed by atoms with E-state index in [2.05, 4.69) is 5.32 Å². The first-order chi connectivity index (χ1) is 9.53. The molecule has 0 aromatic heterocycles. The van der Waals surface area contributed by atoms with Crippen LogP contribution in [0.3, 0.4) is 0 Å². The molecule has 6 nitrogen and oxygen atoms in total. The van der Waals surface area contributed by atoms with Crippen molar-refractivity contribution in [1.29, 1.82) is 15.8 Å². The van der Waals surface area contributed by atoms with Crippen molar-refractivity contribution in [3.8, 4) is 18.2 Å². The lowest BCUT2D eigenvalue weighted by Gasteiger charge is -2.10. The molecule has 0 radical (unpaired) electrons. The lowest BCUT2D eigenvalue weighted by Crippen LogP contribution is -2.05. The van der Waals surface area contributed by atoms with Gasteiger partial charge in [-0.3, -0.25) is 0 Å². The summed E-state index contributed by atoms with van der Waals surface area (Å²) in [5, 5.41) is 38.1. The molecule has 20 heavy (non-hydrogen) atoms. The Morgan fingerprint density at radius 1 is 1.30 bits per heavy atom. The maximum atomic E-state index is 10.9. The fourth-order valence-electron chi connectivity index (χ4n) is 1.35. The highest BCUT2D eigenvalue weighted by atomic mass is 35.5. The van der Waals surface area contributed by atoms with Crippen molar-refractivity contribution in [1.82, 2.24) is 0 Å². The van der Waals surface area contributed by atoms with Crippen LogP contribution < -0.4 is 5.32 Å². The number of carbonyl (C=O) groups is 1. The van der Waals surface area contributed by atoms with Crippen molar-refractivity contribution in [2.45, 2.75) is 6.42 Å². The van der Waals surface area contributed by atoms with E-state index in [4.69, 9.17) is 32.5 Å². The van der Waals surface area contributed by atoms with Gasteiger partial charge in [0.15, 0.2) is 0 Å². The third-order valence-electron chi connectivity index (χ3n) is 2.28. The molecule has 0 saturated carbocycles. The molecule has 1 aromatic carbocycles. The maximum absolute atomic E-state index is 10.9. The van der Waals surface area contributed by atoms with E-state index in [0.717, 1.165) is 0 Å². The molecule has 98 valence electrons. The van der Waals surface area contributed by atoms with Crippen molar-refractivity contribution in [3.63, 3.8) is 0 Å². The minimum atomic E-state index is -1.14. The number of hydrogen-bond acceptors (Lipinski definition) is 5. The first kappa shape index (κ1) is 15.0. The van der Waals surface area contributed by atoms with Crippen molar-refractivity contribution in [3.05, 3.63) is 40.1 Å². The van der Waals surface area contributed by atoms with E-state index in [1.165, 1.54) is 18.2 Å². The summed E-state index contributed by atoms with van der Waals surface area (Å²) in [6.07, 6.45) is -0.204. The number of carboxylic acid groups (broad SMARTS) is 1. The number of benzene rings is 1. The van der Waals surface area contributed by atoms with Gasteiger partial charge >= 0.3 is 5.97 Å². The Labute approximate surface area is 119 Å². The molecule has 0 aliphatic heterocycles. The van der Waals surface area contributed by atoms with Gasteiger partial charge in [-0.15, -0.1) is 0 Å². The SMILES string of the molecule is N#CCC(Nc1cc(C(=O)O)ccc1Cl)=C(C#N)C#N. The van der Waals surface area contributed by atoms with Crippen LogP contribution in [0.5, 0.6) is 0 Å². The highest BCUT2D eigenvalue weighted by Crippen LogP contribution is 2.25. The number of nitriles is 3. The average Bonchev–Trinajstić information content (AvgIpc) is 2.42. The van der Waals surface area contributed by atoms with Gasteiger partial charge in [0.2, 0.25) is 0 Å². The van der Waals surface area contributed by atoms with Gasteiger partial charge in [-0.05, 0) is 18.2 Å². The fourth-order valence-corrected chi connectivity index (χ4v) is 1.52. The van der Waals surface area contributed by atoms with Gasteiger partial charge in [-0.2, -0.15) is 15.8 Å². The van der Waals surface area contributed by atoms with Gasteiger partial charge in [0.05, 0.1) is 34.5 Å². The minimum absolute atomic E-state index is 0.0105. The summed E-state index contributed by atoms with van der Waals surface area (Å²) in [5.74, 6) is -1.14. The highest BCUT2D eigenvalue weighted by Gasteiger charge is 2.11. The normalized spacial score (nSPS) is 8.70. The molecule has 0 amide bonds. The zero-order valence-corrected chi connectivity index (χ0v) is 10.8. The zero-order valence-electron chi connectivity index (χ0n) is 10.0. The van der Waals surface area contributed by atoms with Crippen LogP contribution in [0.2, 0.25) is 5.02 Å². The van der Waals surface area contributed by atoms with Crippen LogP contribution in [-0.4, -0.2) is 11.1 Å². The zero-order chi connectivity index (χ0) is 15.1. The number of nitrogens with zero attached hydrogens (tertiary/aromatic N) is 3. The number of rotatable bonds is 4. The van der Waals surface area contributed by atoms with Gasteiger partial charge < -0.3 is 10.4 Å². The summed E-state index contributed by atoms with van der Waals surface area (Å²) < 4.78 is 0. The molecule has 1 aromatic rings. The number of hydrogen-bond donors (Lipinski definition) is 2. The number of allylic oxidation sites excluding steroid dienone is 2. The summed E-state index contributed by atoms with van der Waals surface area (Å²) in [4.78, 5) is 10.9. The minimum Gasteiger partial charge on any atom is -0.478 e. The number of carboxylic acids is 1. The molecule has 0 saturated heterocycles. The number of anilines is 1. The summed E-state index contributed by atoms with van der Waals surface area (Å²) in [7, 11) is 0. The van der Waals surface area contributed by atoms with Crippen molar-refractivity contribution in [2.75, 3.05) is 5.32 Å². The highest BCUT2D eigenvalue weighted by molar-refractivity contribution is 6.33. The van der Waals surface area contributed by atoms with Crippen LogP contribution in [0.1, 0.15) is 16.8 Å². The lowest BCUT2D eigenvalue weighted by molar-refractivity contribution is 0.0697. The van der Waals surface area contributed by atoms with Gasteiger partial charge in [-0.25, -0.2) is 4.79 Å². The smallest absolute Gasteiger partial charge is 0.335 e. The van der Waals surface area contributed by atoms with Crippen LogP contribution in [0.15, 0.2) is 29.5 Å². The molecular weight excluding hydrogens is 280 g/mol. The third kappa shape index (κ3) is 3.49. The molecule has 1 rings (SSSR count). The quantitative estimate of drug-likeness (QED) is 0.821. The molecule has 7 heteroatoms. The predicted octanol–water partition coefficient (Wildman–Crippen LogP) is 2.67. The summed E-state index contributed by atoms with van der Waals surface area (Å²) in [5.41, 5.74) is 0.00812. The fraction of sp³-hybridized carbons (Fsp3) is 0.0769. The van der Waals surface area contributed by atoms with Crippen LogP contribution >= 0.6 is 11.6 Å². The first-order valence-electron chi connectivity index (χ1n) is 5.23. The molecule has 0 aliphatic rings. The summed E-state index contributed by atoms with van der Waals surface area (Å²) in [6, 6.07) is 9.08. The largest absolute Gasteiger partial charge is 0.478 e. The van der Waals surface area contributed by atoms with E-state index in [-0.39, 0.29) is 34.0 Å². The Hall–Kier alpha value is -3.01. The topological polar surface area (TPSA) is 121 Å². The van der Waals surface area contributed by atoms with Gasteiger partial charge in [-0.1, -0.05) is 11.6 Å². The second-order valence-electron chi connectivity index (χ2n) is 3.54. The summed E-state index contributed by atoms with van der Waals surface area (Å²) >= 11 is 5.91. The van der Waals surface area contributed by atoms with E-state index < -0.39 is 5.97 Å². The number of nitrogens with one attached hydrogen (secondary N) is 1. The molecule has 0 aliphatic carbocycles. The molecule has 0 heterocycles. The van der Waals surface area contributed by atoms with Crippen LogP contribution in [-0.2, 0) is 0 Å². The van der Waals surface area contributed by atoms with E-state index in [9.17, 15) is 4.79 Å². The van der Waals surface area contributed by atoms with Crippen molar-refractivity contribution >= 4 is 23.3 Å². The molecule has 0 spiro atoms. The van der Waals surface area contributed by atoms with Crippen LogP contribution in [0, 0.1) is 34.0 Å². The lowest BCUT2D eigenvalue weighted by atomic mass is 10.1. The van der Waals surface area contributed by atoms with Crippen LogP contribution in [0.25, 0.3) is 0 Å². The second kappa shape index (κ2) is 6.80. The standard InChI is InChI=1S/C13H7ClN4O2/c14-10-2-1-8(13(19)20)5-12(10)18-11(3-4-15)9(6-16)7-17/h1-2,5,18H,3H2,(H,19,20). The second-order valence-corrected chi connectivity index (χ2v) is 3.94. The number of aromatic carboxylic acids is 1. The number of halogens is 1. The molecule has 0 unspecified atom stereocenters. The summed E-state index contributed by atoms with van der Waals surface area (Å²) in [6.45, 7) is 0. The molecule has 0 fully saturated rings. The Balaban J connectivity index is 3.27. The molecular formula is C13H7ClN4O2. The van der Waals surface area contributed by atoms with E-state index in [1.54, 1.807) is 12.1 Å². The Bertz CT molecular complexity index is 689. The maximum Gasteiger partial charge on any atom is 0.335 e. The van der Waals surface area contributed by atoms with Crippen molar-refractivity contribution in [2.24, 2.45) is 0 Å². The Morgan fingerprint density at radius 3 is 2.45 bits per heavy atom. The Morgan fingerprint density at radius 2 is 1.95 bits per heavy atom. The first-order valence-corrected chi connectivity index (χ1v) is 5.61. The average molecular weight is 287 g/mol. The van der Waals surface area contributed by atoms with E-state index >= 15 is 0 Å². The van der Waals surface area contributed by atoms with Gasteiger partial charge in [0, 0.05) is 0 Å². The molecule has 0 atom stereocenters. The monoisotopic (exact) mass is 286 g/mol. The van der Waals surface area contributed by atoms with E-state index in [1.807, 2.05) is 6.07 Å².